The van der Waals surface area contributed by atoms with Crippen molar-refractivity contribution in [2.75, 3.05) is 25.1 Å². The largest absolute Gasteiger partial charge is 0.490 e. The van der Waals surface area contributed by atoms with Crippen LogP contribution >= 0.6 is 24.8 Å². The van der Waals surface area contributed by atoms with Crippen LogP contribution in [0.15, 0.2) is 66.7 Å². The lowest BCUT2D eigenvalue weighted by Gasteiger charge is -2.16. The van der Waals surface area contributed by atoms with E-state index in [0.717, 1.165) is 34.9 Å². The van der Waals surface area contributed by atoms with Crippen LogP contribution in [-0.2, 0) is 16.4 Å². The normalized spacial score (nSPS) is 11.7. The van der Waals surface area contributed by atoms with Crippen molar-refractivity contribution in [3.8, 4) is 16.9 Å². The van der Waals surface area contributed by atoms with Gasteiger partial charge in [0.15, 0.2) is 0 Å². The van der Waals surface area contributed by atoms with Crippen molar-refractivity contribution in [1.29, 1.82) is 0 Å². The van der Waals surface area contributed by atoms with Gasteiger partial charge in [0.1, 0.15) is 5.75 Å². The molecule has 0 saturated carbocycles. The van der Waals surface area contributed by atoms with E-state index in [1.165, 1.54) is 0 Å². The molecule has 0 aliphatic carbocycles. The van der Waals surface area contributed by atoms with E-state index in [0.29, 0.717) is 24.5 Å². The Morgan fingerprint density at radius 1 is 0.974 bits per heavy atom. The number of ether oxygens (including phenoxy) is 1. The van der Waals surface area contributed by atoms with E-state index in [2.05, 4.69) is 5.32 Å². The molecule has 0 fully saturated rings. The van der Waals surface area contributed by atoms with Gasteiger partial charge in [-0.05, 0) is 73.3 Å². The Kier molecular flexibility index (Phi) is 13.1. The molecule has 0 unspecified atom stereocenters. The number of carbonyl (C=O) groups is 1. The molecule has 38 heavy (non-hydrogen) atoms. The number of benzene rings is 3. The van der Waals surface area contributed by atoms with Crippen LogP contribution in [0.4, 0.5) is 5.69 Å². The van der Waals surface area contributed by atoms with Crippen LogP contribution in [0.3, 0.4) is 0 Å². The fourth-order valence-corrected chi connectivity index (χ4v) is 4.08. The highest BCUT2D eigenvalue weighted by molar-refractivity contribution is 7.89. The molecular weight excluding hydrogens is 549 g/mol. The standard InChI is InChI=1S/C27H33N3O5S.2ClH/c1-18(2)35-26-16-22(10-13-24(26)27(32)30-36(3,33)34)20-6-4-19(5-7-20)14-15-29-17-25(31)21-8-11-23(28)12-9-21;;/h4-13,16,18,25,29,31H,14-15,17,28H2,1-3H3,(H,30,32);2*1H/t25-;;/m0../s1. The molecule has 0 spiro atoms. The zero-order valence-corrected chi connectivity index (χ0v) is 24.0. The molecule has 3 rings (SSSR count). The Labute approximate surface area is 236 Å². The number of amides is 1. The van der Waals surface area contributed by atoms with Crippen LogP contribution in [-0.4, -0.2) is 44.9 Å². The Hall–Kier alpha value is -2.82. The summed E-state index contributed by atoms with van der Waals surface area (Å²) in [6, 6.07) is 20.3. The van der Waals surface area contributed by atoms with Crippen LogP contribution < -0.4 is 20.5 Å². The Morgan fingerprint density at radius 2 is 1.58 bits per heavy atom. The average Bonchev–Trinajstić information content (AvgIpc) is 2.81. The van der Waals surface area contributed by atoms with Crippen LogP contribution in [0.2, 0.25) is 0 Å². The van der Waals surface area contributed by atoms with Gasteiger partial charge in [0, 0.05) is 12.2 Å². The van der Waals surface area contributed by atoms with E-state index in [1.54, 1.807) is 30.3 Å². The van der Waals surface area contributed by atoms with E-state index >= 15 is 0 Å². The van der Waals surface area contributed by atoms with Gasteiger partial charge in [-0.25, -0.2) is 13.1 Å². The maximum atomic E-state index is 12.4. The molecule has 3 aromatic carbocycles. The van der Waals surface area contributed by atoms with Crippen LogP contribution in [0.5, 0.6) is 5.75 Å². The number of rotatable bonds is 11. The lowest BCUT2D eigenvalue weighted by Crippen LogP contribution is -2.30. The first kappa shape index (κ1) is 33.2. The van der Waals surface area contributed by atoms with Gasteiger partial charge in [-0.1, -0.05) is 42.5 Å². The monoisotopic (exact) mass is 583 g/mol. The lowest BCUT2D eigenvalue weighted by molar-refractivity contribution is 0.0976. The summed E-state index contributed by atoms with van der Waals surface area (Å²) in [5.74, 6) is -0.416. The molecule has 5 N–H and O–H groups in total. The molecule has 0 aromatic heterocycles. The van der Waals surface area contributed by atoms with Gasteiger partial charge < -0.3 is 20.9 Å². The van der Waals surface area contributed by atoms with Gasteiger partial charge in [0.2, 0.25) is 10.0 Å². The quantitative estimate of drug-likeness (QED) is 0.197. The van der Waals surface area contributed by atoms with Crippen molar-refractivity contribution in [3.05, 3.63) is 83.4 Å². The summed E-state index contributed by atoms with van der Waals surface area (Å²) >= 11 is 0. The maximum Gasteiger partial charge on any atom is 0.268 e. The number of hydrogen-bond donors (Lipinski definition) is 4. The summed E-state index contributed by atoms with van der Waals surface area (Å²) in [6.07, 6.45) is 0.929. The number of aliphatic hydroxyl groups is 1. The molecule has 1 atom stereocenters. The van der Waals surface area contributed by atoms with E-state index in [4.69, 9.17) is 10.5 Å². The topological polar surface area (TPSA) is 131 Å². The molecule has 0 bridgehead atoms. The zero-order valence-electron chi connectivity index (χ0n) is 21.5. The molecule has 208 valence electrons. The van der Waals surface area contributed by atoms with Gasteiger partial charge in [-0.15, -0.1) is 24.8 Å². The average molecular weight is 585 g/mol. The van der Waals surface area contributed by atoms with Crippen molar-refractivity contribution in [3.63, 3.8) is 0 Å². The minimum atomic E-state index is -3.69. The number of anilines is 1. The second-order valence-corrected chi connectivity index (χ2v) is 10.7. The third kappa shape index (κ3) is 10.2. The summed E-state index contributed by atoms with van der Waals surface area (Å²) in [5.41, 5.74) is 10.2. The number of carbonyl (C=O) groups excluding carboxylic acids is 1. The molecule has 0 radical (unpaired) electrons. The minimum absolute atomic E-state index is 0. The number of sulfonamides is 1. The van der Waals surface area contributed by atoms with Crippen molar-refractivity contribution in [2.24, 2.45) is 0 Å². The fourth-order valence-electron chi connectivity index (χ4n) is 3.64. The van der Waals surface area contributed by atoms with Gasteiger partial charge in [0.05, 0.1) is 24.0 Å². The first-order chi connectivity index (χ1) is 17.0. The van der Waals surface area contributed by atoms with Crippen LogP contribution in [0.1, 0.15) is 41.4 Å². The second-order valence-electron chi connectivity index (χ2n) is 8.91. The smallest absolute Gasteiger partial charge is 0.268 e. The number of nitrogens with two attached hydrogens (primary N) is 1. The molecule has 3 aromatic rings. The predicted molar refractivity (Wildman–Crippen MR) is 157 cm³/mol. The highest BCUT2D eigenvalue weighted by atomic mass is 35.5. The number of nitrogens with one attached hydrogen (secondary N) is 2. The summed E-state index contributed by atoms with van der Waals surface area (Å²) < 4.78 is 30.7. The van der Waals surface area contributed by atoms with Crippen LogP contribution in [0, 0.1) is 0 Å². The molecule has 11 heteroatoms. The molecule has 0 saturated heterocycles. The molecule has 0 aliphatic heterocycles. The zero-order chi connectivity index (χ0) is 26.3. The Morgan fingerprint density at radius 3 is 2.16 bits per heavy atom. The van der Waals surface area contributed by atoms with Gasteiger partial charge in [-0.2, -0.15) is 0 Å². The summed E-state index contributed by atoms with van der Waals surface area (Å²) in [5, 5.41) is 13.6. The van der Waals surface area contributed by atoms with E-state index < -0.39 is 22.0 Å². The van der Waals surface area contributed by atoms with Gasteiger partial charge in [-0.3, -0.25) is 4.79 Å². The second kappa shape index (κ2) is 14.9. The number of hydrogen-bond acceptors (Lipinski definition) is 7. The third-order valence-electron chi connectivity index (χ3n) is 5.40. The van der Waals surface area contributed by atoms with Crippen molar-refractivity contribution < 1.29 is 23.1 Å². The fraction of sp³-hybridized carbons (Fsp3) is 0.296. The van der Waals surface area contributed by atoms with E-state index in [9.17, 15) is 18.3 Å². The highest BCUT2D eigenvalue weighted by Crippen LogP contribution is 2.29. The SMILES string of the molecule is CC(C)Oc1cc(-c2ccc(CCNC[C@H](O)c3ccc(N)cc3)cc2)ccc1C(=O)NS(C)(=O)=O.Cl.Cl. The lowest BCUT2D eigenvalue weighted by atomic mass is 10.0. The molecule has 1 amide bonds. The highest BCUT2D eigenvalue weighted by Gasteiger charge is 2.18. The summed E-state index contributed by atoms with van der Waals surface area (Å²) in [7, 11) is -3.69. The summed E-state index contributed by atoms with van der Waals surface area (Å²) in [4.78, 5) is 12.4. The molecule has 0 heterocycles. The van der Waals surface area contributed by atoms with Crippen molar-refractivity contribution in [1.82, 2.24) is 10.0 Å². The van der Waals surface area contributed by atoms with E-state index in [-0.39, 0.29) is 36.5 Å². The first-order valence-electron chi connectivity index (χ1n) is 11.7. The van der Waals surface area contributed by atoms with Crippen molar-refractivity contribution in [2.45, 2.75) is 32.5 Å². The Balaban J connectivity index is 0.00000361. The number of aliphatic hydroxyl groups excluding tert-OH is 1. The van der Waals surface area contributed by atoms with E-state index in [1.807, 2.05) is 55.0 Å². The minimum Gasteiger partial charge on any atom is -0.490 e. The molecule has 0 aliphatic rings. The molecular formula is C27H35Cl2N3O5S. The van der Waals surface area contributed by atoms with Crippen LogP contribution in [0.25, 0.3) is 11.1 Å². The Bertz CT molecular complexity index is 1290. The van der Waals surface area contributed by atoms with Gasteiger partial charge in [0.25, 0.3) is 5.91 Å². The number of halogens is 2. The predicted octanol–water partition coefficient (Wildman–Crippen LogP) is 4.12. The maximum absolute atomic E-state index is 12.4. The molecule has 8 nitrogen and oxygen atoms in total. The van der Waals surface area contributed by atoms with Crippen molar-refractivity contribution >= 4 is 46.4 Å². The third-order valence-corrected chi connectivity index (χ3v) is 5.96. The number of nitrogen functional groups attached to an aromatic ring is 1. The first-order valence-corrected chi connectivity index (χ1v) is 13.6. The summed E-state index contributed by atoms with van der Waals surface area (Å²) in [6.45, 7) is 4.83. The van der Waals surface area contributed by atoms with Gasteiger partial charge >= 0.3 is 0 Å².